The number of alkyl halides is 1. The van der Waals surface area contributed by atoms with Gasteiger partial charge in [0.2, 0.25) is 0 Å². The SMILES string of the molecule is COCC(C)(C)n1c(CCCl)nc2ccc(OC)cc21. The van der Waals surface area contributed by atoms with Crippen molar-refractivity contribution >= 4 is 22.6 Å². The van der Waals surface area contributed by atoms with Gasteiger partial charge in [-0.25, -0.2) is 4.98 Å². The highest BCUT2D eigenvalue weighted by atomic mass is 35.5. The molecular formula is C15H21ClN2O2. The minimum absolute atomic E-state index is 0.197. The van der Waals surface area contributed by atoms with E-state index in [1.807, 2.05) is 18.2 Å². The summed E-state index contributed by atoms with van der Waals surface area (Å²) in [5.74, 6) is 2.35. The molecule has 1 heterocycles. The summed E-state index contributed by atoms with van der Waals surface area (Å²) < 4.78 is 12.9. The normalized spacial score (nSPS) is 12.1. The van der Waals surface area contributed by atoms with E-state index in [9.17, 15) is 0 Å². The Bertz CT molecular complexity index is 593. The number of hydrogen-bond donors (Lipinski definition) is 0. The molecule has 0 aliphatic heterocycles. The average molecular weight is 297 g/mol. The van der Waals surface area contributed by atoms with Crippen LogP contribution in [-0.4, -0.2) is 36.3 Å². The van der Waals surface area contributed by atoms with Gasteiger partial charge in [-0.3, -0.25) is 0 Å². The van der Waals surface area contributed by atoms with E-state index < -0.39 is 0 Å². The van der Waals surface area contributed by atoms with Crippen molar-refractivity contribution in [2.75, 3.05) is 26.7 Å². The third kappa shape index (κ3) is 2.76. The number of rotatable bonds is 6. The summed E-state index contributed by atoms with van der Waals surface area (Å²) in [5, 5.41) is 0. The summed E-state index contributed by atoms with van der Waals surface area (Å²) in [5.41, 5.74) is 1.80. The lowest BCUT2D eigenvalue weighted by molar-refractivity contribution is 0.110. The van der Waals surface area contributed by atoms with Crippen molar-refractivity contribution in [2.24, 2.45) is 0 Å². The molecule has 0 fully saturated rings. The van der Waals surface area contributed by atoms with Crippen LogP contribution in [0.1, 0.15) is 19.7 Å². The molecule has 0 spiro atoms. The Morgan fingerprint density at radius 3 is 2.65 bits per heavy atom. The van der Waals surface area contributed by atoms with Crippen molar-refractivity contribution in [3.63, 3.8) is 0 Å². The Hall–Kier alpha value is -1.26. The van der Waals surface area contributed by atoms with E-state index in [2.05, 4.69) is 18.4 Å². The number of fused-ring (bicyclic) bond motifs is 1. The van der Waals surface area contributed by atoms with E-state index >= 15 is 0 Å². The molecule has 0 N–H and O–H groups in total. The molecule has 1 aromatic heterocycles. The van der Waals surface area contributed by atoms with Gasteiger partial charge in [0.1, 0.15) is 11.6 Å². The van der Waals surface area contributed by atoms with Crippen LogP contribution in [0.4, 0.5) is 0 Å². The largest absolute Gasteiger partial charge is 0.497 e. The van der Waals surface area contributed by atoms with Crippen molar-refractivity contribution in [2.45, 2.75) is 25.8 Å². The summed E-state index contributed by atoms with van der Waals surface area (Å²) in [7, 11) is 3.38. The zero-order valence-corrected chi connectivity index (χ0v) is 13.2. The molecule has 0 saturated carbocycles. The van der Waals surface area contributed by atoms with Crippen LogP contribution in [0.25, 0.3) is 11.0 Å². The van der Waals surface area contributed by atoms with Crippen molar-refractivity contribution in [3.05, 3.63) is 24.0 Å². The Morgan fingerprint density at radius 1 is 1.30 bits per heavy atom. The highest BCUT2D eigenvalue weighted by Crippen LogP contribution is 2.29. The van der Waals surface area contributed by atoms with Gasteiger partial charge < -0.3 is 14.0 Å². The lowest BCUT2D eigenvalue weighted by Gasteiger charge is -2.28. The van der Waals surface area contributed by atoms with Crippen molar-refractivity contribution < 1.29 is 9.47 Å². The molecule has 0 aliphatic rings. The Balaban J connectivity index is 2.65. The highest BCUT2D eigenvalue weighted by Gasteiger charge is 2.26. The van der Waals surface area contributed by atoms with Crippen LogP contribution in [0.2, 0.25) is 0 Å². The molecule has 2 rings (SSSR count). The Kier molecular flexibility index (Phi) is 4.55. The molecule has 110 valence electrons. The van der Waals surface area contributed by atoms with E-state index in [0.29, 0.717) is 12.5 Å². The molecule has 5 heteroatoms. The first-order valence-corrected chi connectivity index (χ1v) is 7.17. The van der Waals surface area contributed by atoms with Crippen LogP contribution < -0.4 is 4.74 Å². The van der Waals surface area contributed by atoms with Crippen molar-refractivity contribution in [1.29, 1.82) is 0 Å². The fourth-order valence-electron chi connectivity index (χ4n) is 2.58. The monoisotopic (exact) mass is 296 g/mol. The number of hydrogen-bond acceptors (Lipinski definition) is 3. The third-order valence-corrected chi connectivity index (χ3v) is 3.54. The van der Waals surface area contributed by atoms with Gasteiger partial charge in [0.25, 0.3) is 0 Å². The Labute approximate surface area is 124 Å². The highest BCUT2D eigenvalue weighted by molar-refractivity contribution is 6.17. The standard InChI is InChI=1S/C15H21ClN2O2/c1-15(2,10-19-3)18-13-9-11(20-4)5-6-12(13)17-14(18)7-8-16/h5-6,9H,7-8,10H2,1-4H3. The fraction of sp³-hybridized carbons (Fsp3) is 0.533. The van der Waals surface area contributed by atoms with Crippen molar-refractivity contribution in [3.8, 4) is 5.75 Å². The van der Waals surface area contributed by atoms with Gasteiger partial charge in [-0.2, -0.15) is 0 Å². The lowest BCUT2D eigenvalue weighted by Crippen LogP contribution is -2.33. The predicted molar refractivity (Wildman–Crippen MR) is 81.9 cm³/mol. The van der Waals surface area contributed by atoms with Crippen LogP contribution in [0.5, 0.6) is 5.75 Å². The molecule has 0 bridgehead atoms. The molecular weight excluding hydrogens is 276 g/mol. The fourth-order valence-corrected chi connectivity index (χ4v) is 2.75. The van der Waals surface area contributed by atoms with Crippen molar-refractivity contribution in [1.82, 2.24) is 9.55 Å². The molecule has 0 radical (unpaired) electrons. The quantitative estimate of drug-likeness (QED) is 0.768. The zero-order valence-electron chi connectivity index (χ0n) is 12.4. The number of halogens is 1. The number of nitrogens with zero attached hydrogens (tertiary/aromatic N) is 2. The van der Waals surface area contributed by atoms with Gasteiger partial charge in [-0.05, 0) is 26.0 Å². The van der Waals surface area contributed by atoms with Gasteiger partial charge in [0.05, 0.1) is 30.3 Å². The van der Waals surface area contributed by atoms with Crippen LogP contribution in [0.3, 0.4) is 0 Å². The first kappa shape index (κ1) is 15.1. The minimum atomic E-state index is -0.197. The van der Waals surface area contributed by atoms with Gasteiger partial charge in [0.15, 0.2) is 0 Å². The zero-order chi connectivity index (χ0) is 14.8. The topological polar surface area (TPSA) is 36.3 Å². The Morgan fingerprint density at radius 2 is 2.05 bits per heavy atom. The first-order chi connectivity index (χ1) is 9.53. The molecule has 0 saturated heterocycles. The number of benzene rings is 1. The van der Waals surface area contributed by atoms with Crippen LogP contribution in [0.15, 0.2) is 18.2 Å². The number of methoxy groups -OCH3 is 2. The maximum atomic E-state index is 5.91. The van der Waals surface area contributed by atoms with E-state index in [0.717, 1.165) is 29.0 Å². The van der Waals surface area contributed by atoms with Crippen LogP contribution in [0, 0.1) is 0 Å². The van der Waals surface area contributed by atoms with E-state index in [1.54, 1.807) is 14.2 Å². The summed E-state index contributed by atoms with van der Waals surface area (Å²) >= 11 is 5.91. The second-order valence-corrected chi connectivity index (χ2v) is 5.78. The minimum Gasteiger partial charge on any atom is -0.497 e. The molecule has 20 heavy (non-hydrogen) atoms. The van der Waals surface area contributed by atoms with Gasteiger partial charge in [-0.1, -0.05) is 0 Å². The lowest BCUT2D eigenvalue weighted by atomic mass is 10.1. The molecule has 0 atom stereocenters. The summed E-state index contributed by atoms with van der Waals surface area (Å²) in [6.45, 7) is 4.87. The maximum absolute atomic E-state index is 5.91. The summed E-state index contributed by atoms with van der Waals surface area (Å²) in [6.07, 6.45) is 0.728. The number of ether oxygens (including phenoxy) is 2. The second kappa shape index (κ2) is 6.02. The molecule has 0 amide bonds. The van der Waals surface area contributed by atoms with Crippen LogP contribution >= 0.6 is 11.6 Å². The molecule has 4 nitrogen and oxygen atoms in total. The first-order valence-electron chi connectivity index (χ1n) is 6.64. The smallest absolute Gasteiger partial charge is 0.121 e. The van der Waals surface area contributed by atoms with E-state index in [4.69, 9.17) is 26.1 Å². The molecule has 0 aliphatic carbocycles. The summed E-state index contributed by atoms with van der Waals surface area (Å²) in [4.78, 5) is 4.69. The van der Waals surface area contributed by atoms with E-state index in [1.165, 1.54) is 0 Å². The van der Waals surface area contributed by atoms with Gasteiger partial charge >= 0.3 is 0 Å². The summed E-state index contributed by atoms with van der Waals surface area (Å²) in [6, 6.07) is 5.91. The van der Waals surface area contributed by atoms with Crippen LogP contribution in [-0.2, 0) is 16.7 Å². The van der Waals surface area contributed by atoms with E-state index in [-0.39, 0.29) is 5.54 Å². The average Bonchev–Trinajstić information content (AvgIpc) is 2.76. The predicted octanol–water partition coefficient (Wildman–Crippen LogP) is 3.21. The molecule has 2 aromatic rings. The third-order valence-electron chi connectivity index (χ3n) is 3.35. The number of imidazole rings is 1. The maximum Gasteiger partial charge on any atom is 0.121 e. The molecule has 0 unspecified atom stereocenters. The van der Waals surface area contributed by atoms with Gasteiger partial charge in [0, 0.05) is 25.5 Å². The second-order valence-electron chi connectivity index (χ2n) is 5.40. The number of aromatic nitrogens is 2. The molecule has 1 aromatic carbocycles. The van der Waals surface area contributed by atoms with Gasteiger partial charge in [-0.15, -0.1) is 11.6 Å². The number of aryl methyl sites for hydroxylation is 1.